The average molecular weight is 203 g/mol. The zero-order chi connectivity index (χ0) is 11.2. The number of fused-ring (bicyclic) bond motifs is 1. The van der Waals surface area contributed by atoms with Crippen LogP contribution in [-0.4, -0.2) is 11.9 Å². The molecule has 0 bridgehead atoms. The third-order valence-electron chi connectivity index (χ3n) is 4.18. The molecule has 0 amide bonds. The normalized spacial score (nSPS) is 40.6. The predicted octanol–water partition coefficient (Wildman–Crippen LogP) is 3.42. The summed E-state index contributed by atoms with van der Waals surface area (Å²) in [6, 6.07) is 0. The number of rotatable bonds is 1. The van der Waals surface area contributed by atoms with E-state index in [1.54, 1.807) is 0 Å². The molecule has 0 spiro atoms. The van der Waals surface area contributed by atoms with Crippen LogP contribution < -0.4 is 0 Å². The minimum Gasteiger partial charge on any atom is -0.352 e. The first-order valence-electron chi connectivity index (χ1n) is 5.82. The van der Waals surface area contributed by atoms with Gasteiger partial charge in [0, 0.05) is 30.3 Å². The fourth-order valence-electron chi connectivity index (χ4n) is 3.41. The summed E-state index contributed by atoms with van der Waals surface area (Å²) in [6.45, 7) is 12.9. The second-order valence-electron chi connectivity index (χ2n) is 5.00. The first kappa shape index (κ1) is 10.5. The number of hydrogen-bond acceptors (Lipinski definition) is 1. The quantitative estimate of drug-likeness (QED) is 0.590. The second-order valence-corrected chi connectivity index (χ2v) is 5.00. The Labute approximate surface area is 93.2 Å². The minimum absolute atomic E-state index is 0.605. The van der Waals surface area contributed by atoms with Gasteiger partial charge in [-0.05, 0) is 25.2 Å². The Morgan fingerprint density at radius 3 is 2.47 bits per heavy atom. The SMILES string of the molecule is C=C1C2C(C)CC(/C=C/C)C2C(=C)N1C. The molecule has 2 aliphatic rings. The Balaban J connectivity index is 2.33. The van der Waals surface area contributed by atoms with Gasteiger partial charge >= 0.3 is 0 Å². The standard InChI is InChI=1S/C14H21N/c1-6-7-12-8-9(2)13-10(3)15(5)11(4)14(12)13/h6-7,9,12-14H,3-4,8H2,1-2,5H3/b7-6+. The molecule has 1 aliphatic heterocycles. The molecule has 2 fully saturated rings. The zero-order valence-corrected chi connectivity index (χ0v) is 10.0. The van der Waals surface area contributed by atoms with Crippen molar-refractivity contribution in [3.63, 3.8) is 0 Å². The summed E-state index contributed by atoms with van der Waals surface area (Å²) in [5, 5.41) is 0. The number of nitrogens with zero attached hydrogens (tertiary/aromatic N) is 1. The minimum atomic E-state index is 0.605. The van der Waals surface area contributed by atoms with Gasteiger partial charge in [-0.1, -0.05) is 32.2 Å². The van der Waals surface area contributed by atoms with Crippen LogP contribution in [0.5, 0.6) is 0 Å². The van der Waals surface area contributed by atoms with E-state index in [9.17, 15) is 0 Å². The molecule has 82 valence electrons. The van der Waals surface area contributed by atoms with E-state index in [4.69, 9.17) is 0 Å². The van der Waals surface area contributed by atoms with E-state index in [0.717, 1.165) is 5.92 Å². The highest BCUT2D eigenvalue weighted by Gasteiger charge is 2.48. The van der Waals surface area contributed by atoms with E-state index in [0.29, 0.717) is 17.8 Å². The van der Waals surface area contributed by atoms with Crippen molar-refractivity contribution in [1.29, 1.82) is 0 Å². The highest BCUT2D eigenvalue weighted by molar-refractivity contribution is 5.29. The van der Waals surface area contributed by atoms with E-state index in [1.807, 2.05) is 0 Å². The second kappa shape index (κ2) is 3.55. The van der Waals surface area contributed by atoms with Crippen molar-refractivity contribution in [2.24, 2.45) is 23.7 Å². The summed E-state index contributed by atoms with van der Waals surface area (Å²) in [6.07, 6.45) is 5.80. The van der Waals surface area contributed by atoms with Crippen molar-refractivity contribution in [1.82, 2.24) is 4.90 Å². The van der Waals surface area contributed by atoms with Gasteiger partial charge in [-0.15, -0.1) is 0 Å². The molecule has 1 heterocycles. The molecule has 4 unspecified atom stereocenters. The summed E-state index contributed by atoms with van der Waals surface area (Å²) in [5.41, 5.74) is 2.53. The molecular weight excluding hydrogens is 182 g/mol. The van der Waals surface area contributed by atoms with Gasteiger partial charge in [0.05, 0.1) is 0 Å². The highest BCUT2D eigenvalue weighted by Crippen LogP contribution is 2.54. The van der Waals surface area contributed by atoms with Crippen molar-refractivity contribution in [3.05, 3.63) is 36.7 Å². The number of likely N-dealkylation sites (tertiary alicyclic amines) is 1. The molecule has 1 saturated carbocycles. The van der Waals surface area contributed by atoms with Gasteiger partial charge in [-0.3, -0.25) is 0 Å². The average Bonchev–Trinajstić information content (AvgIpc) is 2.62. The molecule has 0 aromatic heterocycles. The summed E-state index contributed by atoms with van der Waals surface area (Å²) in [4.78, 5) is 2.20. The van der Waals surface area contributed by atoms with Crippen LogP contribution >= 0.6 is 0 Å². The summed E-state index contributed by atoms with van der Waals surface area (Å²) >= 11 is 0. The van der Waals surface area contributed by atoms with Crippen LogP contribution in [-0.2, 0) is 0 Å². The van der Waals surface area contributed by atoms with Gasteiger partial charge in [-0.2, -0.15) is 0 Å². The van der Waals surface area contributed by atoms with E-state index in [2.05, 4.69) is 51.1 Å². The summed E-state index contributed by atoms with van der Waals surface area (Å²) in [5.74, 6) is 2.65. The lowest BCUT2D eigenvalue weighted by Crippen LogP contribution is -2.14. The Morgan fingerprint density at radius 2 is 1.87 bits per heavy atom. The van der Waals surface area contributed by atoms with Crippen molar-refractivity contribution in [2.75, 3.05) is 7.05 Å². The third-order valence-corrected chi connectivity index (χ3v) is 4.18. The molecule has 1 aliphatic carbocycles. The Hall–Kier alpha value is -0.980. The molecular formula is C14H21N. The first-order chi connectivity index (χ1) is 7.07. The maximum absolute atomic E-state index is 4.23. The molecule has 1 nitrogen and oxygen atoms in total. The van der Waals surface area contributed by atoms with Crippen molar-refractivity contribution < 1.29 is 0 Å². The van der Waals surface area contributed by atoms with Gasteiger partial charge in [-0.25, -0.2) is 0 Å². The van der Waals surface area contributed by atoms with E-state index >= 15 is 0 Å². The van der Waals surface area contributed by atoms with E-state index < -0.39 is 0 Å². The van der Waals surface area contributed by atoms with Crippen LogP contribution in [0.3, 0.4) is 0 Å². The fourth-order valence-corrected chi connectivity index (χ4v) is 3.41. The van der Waals surface area contributed by atoms with Crippen LogP contribution in [0.1, 0.15) is 20.3 Å². The summed E-state index contributed by atoms with van der Waals surface area (Å²) in [7, 11) is 2.10. The number of allylic oxidation sites excluding steroid dienone is 4. The molecule has 0 radical (unpaired) electrons. The molecule has 1 saturated heterocycles. The largest absolute Gasteiger partial charge is 0.352 e. The Kier molecular flexibility index (Phi) is 2.49. The highest BCUT2D eigenvalue weighted by atomic mass is 15.2. The van der Waals surface area contributed by atoms with E-state index in [1.165, 1.54) is 17.8 Å². The maximum atomic E-state index is 4.23. The molecule has 0 aromatic carbocycles. The monoisotopic (exact) mass is 203 g/mol. The van der Waals surface area contributed by atoms with E-state index in [-0.39, 0.29) is 0 Å². The fraction of sp³-hybridized carbons (Fsp3) is 0.571. The van der Waals surface area contributed by atoms with Gasteiger partial charge in [0.15, 0.2) is 0 Å². The third kappa shape index (κ3) is 1.37. The number of hydrogen-bond donors (Lipinski definition) is 0. The molecule has 1 heteroatoms. The summed E-state index contributed by atoms with van der Waals surface area (Å²) < 4.78 is 0. The Bertz CT molecular complexity index is 326. The van der Waals surface area contributed by atoms with Crippen LogP contribution in [0.4, 0.5) is 0 Å². The van der Waals surface area contributed by atoms with Gasteiger partial charge < -0.3 is 4.90 Å². The first-order valence-corrected chi connectivity index (χ1v) is 5.82. The van der Waals surface area contributed by atoms with Gasteiger partial charge in [0.1, 0.15) is 0 Å². The van der Waals surface area contributed by atoms with Crippen molar-refractivity contribution in [2.45, 2.75) is 20.3 Å². The molecule has 0 N–H and O–H groups in total. The van der Waals surface area contributed by atoms with Gasteiger partial charge in [0.2, 0.25) is 0 Å². The van der Waals surface area contributed by atoms with Crippen LogP contribution in [0.15, 0.2) is 36.7 Å². The van der Waals surface area contributed by atoms with Crippen LogP contribution in [0.2, 0.25) is 0 Å². The van der Waals surface area contributed by atoms with Crippen molar-refractivity contribution in [3.8, 4) is 0 Å². The smallest absolute Gasteiger partial charge is 0.0145 e. The lowest BCUT2D eigenvalue weighted by atomic mass is 9.87. The Morgan fingerprint density at radius 1 is 1.27 bits per heavy atom. The molecule has 4 atom stereocenters. The molecule has 2 rings (SSSR count). The molecule has 15 heavy (non-hydrogen) atoms. The zero-order valence-electron chi connectivity index (χ0n) is 10.0. The lowest BCUT2D eigenvalue weighted by molar-refractivity contribution is 0.435. The van der Waals surface area contributed by atoms with Gasteiger partial charge in [0.25, 0.3) is 0 Å². The predicted molar refractivity (Wildman–Crippen MR) is 65.1 cm³/mol. The molecule has 0 aromatic rings. The topological polar surface area (TPSA) is 3.24 Å². The maximum Gasteiger partial charge on any atom is 0.0145 e. The van der Waals surface area contributed by atoms with Crippen molar-refractivity contribution >= 4 is 0 Å². The van der Waals surface area contributed by atoms with Crippen LogP contribution in [0.25, 0.3) is 0 Å². The lowest BCUT2D eigenvalue weighted by Gasteiger charge is -2.20. The van der Waals surface area contributed by atoms with Crippen LogP contribution in [0, 0.1) is 23.7 Å².